The van der Waals surface area contributed by atoms with Crippen LogP contribution in [0.4, 0.5) is 5.82 Å². The molecule has 1 aromatic heterocycles. The van der Waals surface area contributed by atoms with Crippen LogP contribution in [0.1, 0.15) is 0 Å². The van der Waals surface area contributed by atoms with Crippen molar-refractivity contribution >= 4 is 23.4 Å². The molecule has 0 aliphatic rings. The number of para-hydroxylation sites is 1. The van der Waals surface area contributed by atoms with Gasteiger partial charge in [-0.2, -0.15) is 0 Å². The number of hydrogen-bond acceptors (Lipinski definition) is 1. The summed E-state index contributed by atoms with van der Waals surface area (Å²) < 4.78 is 0. The predicted molar refractivity (Wildman–Crippen MR) is 47.5 cm³/mol. The molecule has 0 unspecified atom stereocenters. The second kappa shape index (κ2) is 2.23. The largest absolute Gasteiger partial charge is 0.340 e. The molecular weight excluding hydrogens is 136 g/mol. The highest BCUT2D eigenvalue weighted by molar-refractivity contribution is 5.83. The third-order valence-corrected chi connectivity index (χ3v) is 1.69. The summed E-state index contributed by atoms with van der Waals surface area (Å²) in [5, 5.41) is 1.18. The van der Waals surface area contributed by atoms with Crippen molar-refractivity contribution in [3.8, 4) is 0 Å². The van der Waals surface area contributed by atoms with Gasteiger partial charge in [-0.25, -0.2) is 4.99 Å². The second-order valence-electron chi connectivity index (χ2n) is 2.40. The number of aromatic nitrogens is 1. The van der Waals surface area contributed by atoms with E-state index in [1.165, 1.54) is 5.39 Å². The molecule has 2 heteroatoms. The quantitative estimate of drug-likeness (QED) is 0.596. The Labute approximate surface area is 64.6 Å². The first-order valence-electron chi connectivity index (χ1n) is 3.44. The zero-order chi connectivity index (χ0) is 7.68. The molecule has 0 aliphatic carbocycles. The van der Waals surface area contributed by atoms with E-state index in [1.807, 2.05) is 30.3 Å². The Hall–Kier alpha value is -1.57. The molecule has 0 atom stereocenters. The van der Waals surface area contributed by atoms with Gasteiger partial charge in [0.1, 0.15) is 5.82 Å². The molecule has 54 valence electrons. The summed E-state index contributed by atoms with van der Waals surface area (Å²) in [6.45, 7) is 3.44. The van der Waals surface area contributed by atoms with E-state index in [-0.39, 0.29) is 0 Å². The van der Waals surface area contributed by atoms with Crippen molar-refractivity contribution in [2.45, 2.75) is 0 Å². The maximum Gasteiger partial charge on any atom is 0.130 e. The van der Waals surface area contributed by atoms with E-state index in [4.69, 9.17) is 0 Å². The molecule has 1 N–H and O–H groups in total. The second-order valence-corrected chi connectivity index (χ2v) is 2.40. The molecular formula is C9H8N2. The molecule has 2 nitrogen and oxygen atoms in total. The van der Waals surface area contributed by atoms with Crippen LogP contribution in [0.25, 0.3) is 10.9 Å². The Kier molecular flexibility index (Phi) is 1.25. The molecule has 1 aromatic carbocycles. The molecule has 0 spiro atoms. The third kappa shape index (κ3) is 0.923. The van der Waals surface area contributed by atoms with Crippen LogP contribution in [0.5, 0.6) is 0 Å². The monoisotopic (exact) mass is 144 g/mol. The first kappa shape index (κ1) is 6.16. The predicted octanol–water partition coefficient (Wildman–Crippen LogP) is 2.50. The number of aliphatic imine (C=N–C) groups is 1. The number of H-pyrrole nitrogens is 1. The van der Waals surface area contributed by atoms with Crippen molar-refractivity contribution in [2.24, 2.45) is 4.99 Å². The average Bonchev–Trinajstić information content (AvgIpc) is 2.46. The smallest absolute Gasteiger partial charge is 0.130 e. The van der Waals surface area contributed by atoms with Crippen LogP contribution in [-0.4, -0.2) is 11.7 Å². The molecule has 2 aromatic rings. The van der Waals surface area contributed by atoms with Crippen molar-refractivity contribution < 1.29 is 0 Å². The fourth-order valence-electron chi connectivity index (χ4n) is 1.14. The number of aromatic amines is 1. The maximum absolute atomic E-state index is 3.80. The molecule has 11 heavy (non-hydrogen) atoms. The van der Waals surface area contributed by atoms with E-state index in [2.05, 4.69) is 16.7 Å². The molecule has 0 aliphatic heterocycles. The topological polar surface area (TPSA) is 28.1 Å². The lowest BCUT2D eigenvalue weighted by Crippen LogP contribution is -1.62. The first-order valence-corrected chi connectivity index (χ1v) is 3.44. The average molecular weight is 144 g/mol. The van der Waals surface area contributed by atoms with Gasteiger partial charge in [-0.3, -0.25) is 0 Å². The molecule has 2 rings (SSSR count). The van der Waals surface area contributed by atoms with Crippen LogP contribution in [0.15, 0.2) is 35.3 Å². The molecule has 0 amide bonds. The fraction of sp³-hybridized carbons (Fsp3) is 0. The first-order chi connectivity index (χ1) is 5.40. The molecule has 0 fully saturated rings. The summed E-state index contributed by atoms with van der Waals surface area (Å²) >= 11 is 0. The van der Waals surface area contributed by atoms with Crippen molar-refractivity contribution in [3.05, 3.63) is 30.3 Å². The Balaban J connectivity index is 2.78. The number of rotatable bonds is 1. The molecule has 0 saturated carbocycles. The Morgan fingerprint density at radius 2 is 2.09 bits per heavy atom. The highest BCUT2D eigenvalue weighted by Gasteiger charge is 1.94. The van der Waals surface area contributed by atoms with E-state index >= 15 is 0 Å². The molecule has 0 radical (unpaired) electrons. The minimum atomic E-state index is 0.825. The van der Waals surface area contributed by atoms with Crippen molar-refractivity contribution in [1.82, 2.24) is 4.98 Å². The molecule has 1 heterocycles. The Morgan fingerprint density at radius 3 is 2.82 bits per heavy atom. The SMILES string of the molecule is C=Nc1cc2ccccc2[nH]1. The molecule has 0 bridgehead atoms. The number of hydrogen-bond donors (Lipinski definition) is 1. The van der Waals surface area contributed by atoms with E-state index in [9.17, 15) is 0 Å². The number of fused-ring (bicyclic) bond motifs is 1. The minimum absolute atomic E-state index is 0.825. The van der Waals surface area contributed by atoms with Crippen LogP contribution in [0.2, 0.25) is 0 Å². The van der Waals surface area contributed by atoms with Crippen LogP contribution in [0.3, 0.4) is 0 Å². The van der Waals surface area contributed by atoms with E-state index in [1.54, 1.807) is 0 Å². The Morgan fingerprint density at radius 1 is 1.27 bits per heavy atom. The van der Waals surface area contributed by atoms with Gasteiger partial charge in [0.05, 0.1) is 0 Å². The van der Waals surface area contributed by atoms with Gasteiger partial charge in [-0.15, -0.1) is 0 Å². The maximum atomic E-state index is 3.80. The van der Waals surface area contributed by atoms with E-state index < -0.39 is 0 Å². The van der Waals surface area contributed by atoms with Crippen molar-refractivity contribution in [1.29, 1.82) is 0 Å². The van der Waals surface area contributed by atoms with Gasteiger partial charge in [0, 0.05) is 10.9 Å². The molecule has 0 saturated heterocycles. The minimum Gasteiger partial charge on any atom is -0.340 e. The normalized spacial score (nSPS) is 10.2. The number of nitrogens with one attached hydrogen (secondary N) is 1. The van der Waals surface area contributed by atoms with Crippen LogP contribution in [-0.2, 0) is 0 Å². The van der Waals surface area contributed by atoms with E-state index in [0.717, 1.165) is 11.3 Å². The summed E-state index contributed by atoms with van der Waals surface area (Å²) in [6.07, 6.45) is 0. The number of nitrogens with zero attached hydrogens (tertiary/aromatic N) is 1. The van der Waals surface area contributed by atoms with E-state index in [0.29, 0.717) is 0 Å². The van der Waals surface area contributed by atoms with Crippen molar-refractivity contribution in [2.75, 3.05) is 0 Å². The fourth-order valence-corrected chi connectivity index (χ4v) is 1.14. The highest BCUT2D eigenvalue weighted by atomic mass is 14.9. The summed E-state index contributed by atoms with van der Waals surface area (Å²) in [5.41, 5.74) is 1.11. The van der Waals surface area contributed by atoms with Gasteiger partial charge in [0.2, 0.25) is 0 Å². The summed E-state index contributed by atoms with van der Waals surface area (Å²) in [6, 6.07) is 10.0. The standard InChI is InChI=1S/C9H8N2/c1-10-9-6-7-4-2-3-5-8(7)11-9/h2-6,11H,1H2. The lowest BCUT2D eigenvalue weighted by molar-refractivity contribution is 1.39. The van der Waals surface area contributed by atoms with Gasteiger partial charge in [-0.05, 0) is 18.9 Å². The lowest BCUT2D eigenvalue weighted by Gasteiger charge is -1.83. The van der Waals surface area contributed by atoms with Crippen molar-refractivity contribution in [3.63, 3.8) is 0 Å². The summed E-state index contributed by atoms with van der Waals surface area (Å²) in [4.78, 5) is 6.92. The van der Waals surface area contributed by atoms with Crippen LogP contribution in [0, 0.1) is 0 Å². The lowest BCUT2D eigenvalue weighted by atomic mass is 10.2. The zero-order valence-electron chi connectivity index (χ0n) is 6.04. The van der Waals surface area contributed by atoms with Crippen LogP contribution >= 0.6 is 0 Å². The zero-order valence-corrected chi connectivity index (χ0v) is 6.04. The number of benzene rings is 1. The van der Waals surface area contributed by atoms with Gasteiger partial charge in [-0.1, -0.05) is 18.2 Å². The van der Waals surface area contributed by atoms with Gasteiger partial charge in [0.25, 0.3) is 0 Å². The highest BCUT2D eigenvalue weighted by Crippen LogP contribution is 2.19. The van der Waals surface area contributed by atoms with Gasteiger partial charge in [0.15, 0.2) is 0 Å². The van der Waals surface area contributed by atoms with Gasteiger partial charge < -0.3 is 4.98 Å². The third-order valence-electron chi connectivity index (χ3n) is 1.69. The summed E-state index contributed by atoms with van der Waals surface area (Å²) in [5.74, 6) is 0.825. The Bertz CT molecular complexity index is 354. The van der Waals surface area contributed by atoms with Gasteiger partial charge >= 0.3 is 0 Å². The van der Waals surface area contributed by atoms with Crippen LogP contribution < -0.4 is 0 Å². The summed E-state index contributed by atoms with van der Waals surface area (Å²) in [7, 11) is 0.